The molecule has 0 aromatic heterocycles. The van der Waals surface area contributed by atoms with E-state index < -0.39 is 59.8 Å². The van der Waals surface area contributed by atoms with Gasteiger partial charge < -0.3 is 34.3 Å². The predicted octanol–water partition coefficient (Wildman–Crippen LogP) is 2.28. The molecule has 0 aromatic rings. The van der Waals surface area contributed by atoms with Gasteiger partial charge in [0, 0.05) is 13.0 Å². The van der Waals surface area contributed by atoms with Crippen molar-refractivity contribution in [2.24, 2.45) is 0 Å². The number of unbranched alkanes of at least 4 members (excludes halogenated alkanes) is 9. The molecular formula is C25H48O12S. The van der Waals surface area contributed by atoms with Gasteiger partial charge in [0.2, 0.25) is 0 Å². The minimum absolute atomic E-state index is 0.0375. The van der Waals surface area contributed by atoms with Crippen molar-refractivity contribution in [3.8, 4) is 0 Å². The normalized spacial score (nSPS) is 24.8. The van der Waals surface area contributed by atoms with Gasteiger partial charge in [-0.25, -0.2) is 4.18 Å². The van der Waals surface area contributed by atoms with E-state index in [-0.39, 0.29) is 19.6 Å². The molecule has 0 bridgehead atoms. The Labute approximate surface area is 226 Å². The third-order valence-corrected chi connectivity index (χ3v) is 6.69. The average Bonchev–Trinajstić information content (AvgIpc) is 2.86. The van der Waals surface area contributed by atoms with Gasteiger partial charge in [-0.2, -0.15) is 8.42 Å². The van der Waals surface area contributed by atoms with Gasteiger partial charge in [0.25, 0.3) is 0 Å². The van der Waals surface area contributed by atoms with E-state index in [0.717, 1.165) is 32.1 Å². The van der Waals surface area contributed by atoms with Crippen LogP contribution >= 0.6 is 0 Å². The molecule has 1 rings (SSSR count). The molecule has 0 radical (unpaired) electrons. The molecule has 0 saturated carbocycles. The molecule has 1 aliphatic rings. The fraction of sp³-hybridized carbons (Fsp3) is 0.960. The molecule has 226 valence electrons. The van der Waals surface area contributed by atoms with Crippen molar-refractivity contribution >= 4 is 16.4 Å². The number of hydrogen-bond donors (Lipinski definition) is 4. The van der Waals surface area contributed by atoms with Crippen LogP contribution in [-0.4, -0.2) is 97.5 Å². The number of carbonyl (C=O) groups is 1. The van der Waals surface area contributed by atoms with Crippen molar-refractivity contribution in [3.05, 3.63) is 0 Å². The Morgan fingerprint density at radius 1 is 0.895 bits per heavy atom. The Bertz CT molecular complexity index is 719. The monoisotopic (exact) mass is 572 g/mol. The van der Waals surface area contributed by atoms with Crippen LogP contribution in [-0.2, 0) is 38.3 Å². The minimum atomic E-state index is -5.03. The number of esters is 1. The van der Waals surface area contributed by atoms with Crippen molar-refractivity contribution in [2.45, 2.75) is 128 Å². The number of hydrogen-bond acceptors (Lipinski definition) is 11. The molecule has 0 spiro atoms. The third-order valence-electron chi connectivity index (χ3n) is 6.23. The van der Waals surface area contributed by atoms with Gasteiger partial charge >= 0.3 is 16.4 Å². The van der Waals surface area contributed by atoms with Crippen molar-refractivity contribution in [3.63, 3.8) is 0 Å². The van der Waals surface area contributed by atoms with Crippen molar-refractivity contribution in [1.29, 1.82) is 0 Å². The lowest BCUT2D eigenvalue weighted by Crippen LogP contribution is -2.60. The van der Waals surface area contributed by atoms with Crippen LogP contribution in [0.4, 0.5) is 0 Å². The molecule has 6 unspecified atom stereocenters. The Balaban J connectivity index is 2.62. The first-order chi connectivity index (χ1) is 18.1. The van der Waals surface area contributed by atoms with E-state index in [1.807, 2.05) is 6.92 Å². The second kappa shape index (κ2) is 20.0. The molecular weight excluding hydrogens is 524 g/mol. The maximum absolute atomic E-state index is 12.3. The van der Waals surface area contributed by atoms with Gasteiger partial charge in [-0.05, 0) is 12.8 Å². The molecule has 0 aromatic carbocycles. The molecule has 1 saturated heterocycles. The number of carbonyl (C=O) groups excluding carboxylic acids is 1. The number of aliphatic hydroxyl groups is 3. The van der Waals surface area contributed by atoms with E-state index in [4.69, 9.17) is 23.5 Å². The fourth-order valence-electron chi connectivity index (χ4n) is 4.08. The van der Waals surface area contributed by atoms with E-state index in [0.29, 0.717) is 13.0 Å². The highest BCUT2D eigenvalue weighted by Gasteiger charge is 2.48. The van der Waals surface area contributed by atoms with Crippen LogP contribution in [0.25, 0.3) is 0 Å². The van der Waals surface area contributed by atoms with Gasteiger partial charge in [0.05, 0.1) is 19.8 Å². The summed E-state index contributed by atoms with van der Waals surface area (Å²) < 4.78 is 57.7. The van der Waals surface area contributed by atoms with Crippen molar-refractivity contribution < 1.29 is 56.2 Å². The highest BCUT2D eigenvalue weighted by molar-refractivity contribution is 7.80. The van der Waals surface area contributed by atoms with Crippen LogP contribution in [0.3, 0.4) is 0 Å². The van der Waals surface area contributed by atoms with Crippen molar-refractivity contribution in [1.82, 2.24) is 0 Å². The molecule has 1 aliphatic heterocycles. The smallest absolute Gasteiger partial charge is 0.397 e. The Morgan fingerprint density at radius 2 is 1.50 bits per heavy atom. The van der Waals surface area contributed by atoms with E-state index in [1.54, 1.807) is 0 Å². The SMILES string of the molecule is CCCCCCCCCCOCC(COC1OC(CO)C(O)C(OS(=O)(=O)O)C1O)OC(=O)CCCCC. The molecule has 38 heavy (non-hydrogen) atoms. The molecule has 6 atom stereocenters. The van der Waals surface area contributed by atoms with Crippen LogP contribution in [0, 0.1) is 0 Å². The summed E-state index contributed by atoms with van der Waals surface area (Å²) in [7, 11) is -5.03. The first-order valence-electron chi connectivity index (χ1n) is 13.8. The molecule has 1 fully saturated rings. The molecule has 1 heterocycles. The lowest BCUT2D eigenvalue weighted by molar-refractivity contribution is -0.301. The van der Waals surface area contributed by atoms with Crippen LogP contribution in [0.1, 0.15) is 90.9 Å². The van der Waals surface area contributed by atoms with E-state index >= 15 is 0 Å². The van der Waals surface area contributed by atoms with Crippen LogP contribution in [0.2, 0.25) is 0 Å². The summed E-state index contributed by atoms with van der Waals surface area (Å²) >= 11 is 0. The highest BCUT2D eigenvalue weighted by atomic mass is 32.3. The van der Waals surface area contributed by atoms with Gasteiger partial charge in [0.1, 0.15) is 30.5 Å². The highest BCUT2D eigenvalue weighted by Crippen LogP contribution is 2.25. The zero-order valence-corrected chi connectivity index (χ0v) is 23.6. The topological polar surface area (TPSA) is 178 Å². The van der Waals surface area contributed by atoms with Gasteiger partial charge in [0.15, 0.2) is 6.29 Å². The first kappa shape index (κ1) is 35.1. The third kappa shape index (κ3) is 15.0. The van der Waals surface area contributed by atoms with E-state index in [9.17, 15) is 28.5 Å². The zero-order chi connectivity index (χ0) is 28.4. The van der Waals surface area contributed by atoms with Gasteiger partial charge in [-0.15, -0.1) is 0 Å². The fourth-order valence-corrected chi connectivity index (χ4v) is 4.59. The number of ether oxygens (including phenoxy) is 4. The zero-order valence-electron chi connectivity index (χ0n) is 22.7. The van der Waals surface area contributed by atoms with Crippen LogP contribution in [0.15, 0.2) is 0 Å². The predicted molar refractivity (Wildman–Crippen MR) is 138 cm³/mol. The summed E-state index contributed by atoms with van der Waals surface area (Å²) in [6, 6.07) is 0. The quantitative estimate of drug-likeness (QED) is 0.0846. The maximum atomic E-state index is 12.3. The Morgan fingerprint density at radius 3 is 2.11 bits per heavy atom. The molecule has 0 amide bonds. The second-order valence-electron chi connectivity index (χ2n) is 9.65. The minimum Gasteiger partial charge on any atom is -0.457 e. The summed E-state index contributed by atoms with van der Waals surface area (Å²) in [4.78, 5) is 12.3. The lowest BCUT2D eigenvalue weighted by atomic mass is 9.99. The Kier molecular flexibility index (Phi) is 18.5. The maximum Gasteiger partial charge on any atom is 0.397 e. The second-order valence-corrected chi connectivity index (χ2v) is 10.7. The standard InChI is InChI=1S/C25H48O12S/c1-3-5-7-8-9-10-11-13-15-33-17-19(35-21(27)14-12-6-4-2)18-34-25-23(29)24(37-38(30,31)32)22(28)20(16-26)36-25/h19-20,22-26,28-29H,3-18H2,1-2H3,(H,30,31,32). The molecule has 4 N–H and O–H groups in total. The summed E-state index contributed by atoms with van der Waals surface area (Å²) in [5.41, 5.74) is 0. The van der Waals surface area contributed by atoms with E-state index in [1.165, 1.54) is 32.1 Å². The number of rotatable bonds is 22. The van der Waals surface area contributed by atoms with Crippen LogP contribution in [0.5, 0.6) is 0 Å². The average molecular weight is 573 g/mol. The summed E-state index contributed by atoms with van der Waals surface area (Å²) in [5, 5.41) is 30.1. The van der Waals surface area contributed by atoms with Crippen LogP contribution < -0.4 is 0 Å². The largest absolute Gasteiger partial charge is 0.457 e. The summed E-state index contributed by atoms with van der Waals surface area (Å²) in [6.45, 7) is 3.71. The van der Waals surface area contributed by atoms with Gasteiger partial charge in [-0.3, -0.25) is 9.35 Å². The van der Waals surface area contributed by atoms with Crippen molar-refractivity contribution in [2.75, 3.05) is 26.4 Å². The summed E-state index contributed by atoms with van der Waals surface area (Å²) in [6.07, 6.45) is 2.75. The molecule has 13 heteroatoms. The first-order valence-corrected chi connectivity index (χ1v) is 15.2. The molecule has 0 aliphatic carbocycles. The van der Waals surface area contributed by atoms with Gasteiger partial charge in [-0.1, -0.05) is 71.6 Å². The summed E-state index contributed by atoms with van der Waals surface area (Å²) in [5.74, 6) is -0.427. The lowest BCUT2D eigenvalue weighted by Gasteiger charge is -2.41. The molecule has 12 nitrogen and oxygen atoms in total. The van der Waals surface area contributed by atoms with E-state index in [2.05, 4.69) is 11.1 Å². The number of aliphatic hydroxyl groups excluding tert-OH is 3. The Hall–Kier alpha value is -0.900.